The first kappa shape index (κ1) is 13.6. The highest BCUT2D eigenvalue weighted by molar-refractivity contribution is 6.40. The number of ether oxygens (including phenoxy) is 1. The molecule has 1 aromatic carbocycles. The van der Waals surface area contributed by atoms with Crippen LogP contribution in [0.1, 0.15) is 5.69 Å². The Morgan fingerprint density at radius 1 is 1.21 bits per heavy atom. The van der Waals surface area contributed by atoms with Gasteiger partial charge >= 0.3 is 0 Å². The van der Waals surface area contributed by atoms with Crippen LogP contribution in [0.25, 0.3) is 0 Å². The molecule has 0 aliphatic carbocycles. The van der Waals surface area contributed by atoms with Crippen LogP contribution in [0.15, 0.2) is 29.3 Å². The lowest BCUT2D eigenvalue weighted by Gasteiger charge is -2.03. The topological polar surface area (TPSA) is 73.4 Å². The fourth-order valence-corrected chi connectivity index (χ4v) is 1.65. The van der Waals surface area contributed by atoms with Crippen LogP contribution in [-0.2, 0) is 0 Å². The largest absolute Gasteiger partial charge is 0.494 e. The fraction of sp³-hybridized carbons (Fsp3) is 0.0833. The minimum absolute atomic E-state index is 0.0635. The number of nitrogens with zero attached hydrogens (tertiary/aromatic N) is 3. The fourth-order valence-electron chi connectivity index (χ4n) is 1.38. The first-order valence-corrected chi connectivity index (χ1v) is 6.03. The average molecular weight is 297 g/mol. The zero-order valence-electron chi connectivity index (χ0n) is 9.97. The molecular formula is C12H10Cl2N4O. The van der Waals surface area contributed by atoms with Gasteiger partial charge in [0.1, 0.15) is 17.1 Å². The molecule has 98 valence electrons. The maximum Gasteiger partial charge on any atom is 0.168 e. The molecule has 0 saturated heterocycles. The molecule has 0 amide bonds. The third-order valence-corrected chi connectivity index (χ3v) is 2.90. The van der Waals surface area contributed by atoms with E-state index in [1.54, 1.807) is 19.2 Å². The summed E-state index contributed by atoms with van der Waals surface area (Å²) >= 11 is 11.5. The molecule has 0 bridgehead atoms. The van der Waals surface area contributed by atoms with Crippen LogP contribution in [0.5, 0.6) is 5.75 Å². The third kappa shape index (κ3) is 3.13. The van der Waals surface area contributed by atoms with Crippen LogP contribution in [0, 0.1) is 0 Å². The van der Waals surface area contributed by atoms with Gasteiger partial charge in [-0.3, -0.25) is 4.99 Å². The first-order chi connectivity index (χ1) is 9.11. The van der Waals surface area contributed by atoms with Crippen molar-refractivity contribution in [1.29, 1.82) is 0 Å². The number of anilines is 1. The SMILES string of the molecule is COc1ccccc1/N=C/c1nc(Cl)c(Cl)nc1N. The van der Waals surface area contributed by atoms with Gasteiger partial charge in [0.15, 0.2) is 16.1 Å². The van der Waals surface area contributed by atoms with Crippen molar-refractivity contribution < 1.29 is 4.74 Å². The van der Waals surface area contributed by atoms with Gasteiger partial charge in [-0.25, -0.2) is 9.97 Å². The number of nitrogen functional groups attached to an aromatic ring is 1. The van der Waals surface area contributed by atoms with E-state index in [-0.39, 0.29) is 16.1 Å². The van der Waals surface area contributed by atoms with Crippen LogP contribution in [0.4, 0.5) is 11.5 Å². The molecule has 0 saturated carbocycles. The van der Waals surface area contributed by atoms with E-state index in [2.05, 4.69) is 15.0 Å². The van der Waals surface area contributed by atoms with Gasteiger partial charge in [0.05, 0.1) is 13.3 Å². The number of aliphatic imine (C=N–C) groups is 1. The van der Waals surface area contributed by atoms with E-state index in [1.807, 2.05) is 12.1 Å². The van der Waals surface area contributed by atoms with E-state index in [0.717, 1.165) is 0 Å². The summed E-state index contributed by atoms with van der Waals surface area (Å²) in [4.78, 5) is 12.1. The van der Waals surface area contributed by atoms with Crippen molar-refractivity contribution in [2.75, 3.05) is 12.8 Å². The summed E-state index contributed by atoms with van der Waals surface area (Å²) in [7, 11) is 1.57. The number of rotatable bonds is 3. The number of halogens is 2. The van der Waals surface area contributed by atoms with Crippen molar-refractivity contribution in [3.05, 3.63) is 40.3 Å². The van der Waals surface area contributed by atoms with E-state index in [9.17, 15) is 0 Å². The summed E-state index contributed by atoms with van der Waals surface area (Å²) in [6.07, 6.45) is 1.46. The number of para-hydroxylation sites is 2. The van der Waals surface area contributed by atoms with Gasteiger partial charge in [0.2, 0.25) is 0 Å². The number of methoxy groups -OCH3 is 1. The average Bonchev–Trinajstić information content (AvgIpc) is 2.41. The molecule has 0 aliphatic heterocycles. The van der Waals surface area contributed by atoms with Crippen LogP contribution in [0.3, 0.4) is 0 Å². The summed E-state index contributed by atoms with van der Waals surface area (Å²) in [5.41, 5.74) is 6.68. The lowest BCUT2D eigenvalue weighted by atomic mass is 10.3. The summed E-state index contributed by atoms with van der Waals surface area (Å²) in [6.45, 7) is 0. The molecule has 1 aromatic heterocycles. The van der Waals surface area contributed by atoms with Gasteiger partial charge in [0.25, 0.3) is 0 Å². The smallest absolute Gasteiger partial charge is 0.168 e. The molecule has 1 heterocycles. The molecule has 2 aromatic rings. The minimum Gasteiger partial charge on any atom is -0.494 e. The summed E-state index contributed by atoms with van der Waals surface area (Å²) in [5.74, 6) is 0.804. The zero-order chi connectivity index (χ0) is 13.8. The van der Waals surface area contributed by atoms with Crippen LogP contribution < -0.4 is 10.5 Å². The second kappa shape index (κ2) is 5.86. The molecule has 0 aliphatic rings. The number of hydrogen-bond acceptors (Lipinski definition) is 5. The molecule has 2 N–H and O–H groups in total. The Hall–Kier alpha value is -1.85. The Balaban J connectivity index is 2.35. The van der Waals surface area contributed by atoms with Crippen molar-refractivity contribution in [3.8, 4) is 5.75 Å². The predicted octanol–water partition coefficient (Wildman–Crippen LogP) is 3.12. The number of benzene rings is 1. The highest BCUT2D eigenvalue weighted by Gasteiger charge is 2.07. The maximum absolute atomic E-state index is 5.78. The van der Waals surface area contributed by atoms with Gasteiger partial charge in [-0.1, -0.05) is 35.3 Å². The number of nitrogens with two attached hydrogens (primary N) is 1. The molecular weight excluding hydrogens is 287 g/mol. The molecule has 2 rings (SSSR count). The molecule has 19 heavy (non-hydrogen) atoms. The van der Waals surface area contributed by atoms with E-state index in [1.165, 1.54) is 6.21 Å². The van der Waals surface area contributed by atoms with Gasteiger partial charge in [-0.05, 0) is 12.1 Å². The normalized spacial score (nSPS) is 10.9. The van der Waals surface area contributed by atoms with Gasteiger partial charge < -0.3 is 10.5 Å². The number of aromatic nitrogens is 2. The van der Waals surface area contributed by atoms with Crippen LogP contribution in [-0.4, -0.2) is 23.3 Å². The highest BCUT2D eigenvalue weighted by atomic mass is 35.5. The lowest BCUT2D eigenvalue weighted by Crippen LogP contribution is -2.01. The van der Waals surface area contributed by atoms with E-state index < -0.39 is 0 Å². The molecule has 0 radical (unpaired) electrons. The molecule has 7 heteroatoms. The van der Waals surface area contributed by atoms with Gasteiger partial charge in [0, 0.05) is 0 Å². The Kier molecular flexibility index (Phi) is 4.19. The predicted molar refractivity (Wildman–Crippen MR) is 76.7 cm³/mol. The van der Waals surface area contributed by atoms with Crippen molar-refractivity contribution >= 4 is 40.9 Å². The third-order valence-electron chi connectivity index (χ3n) is 2.28. The molecule has 0 spiro atoms. The monoisotopic (exact) mass is 296 g/mol. The quantitative estimate of drug-likeness (QED) is 0.883. The van der Waals surface area contributed by atoms with Gasteiger partial charge in [-0.15, -0.1) is 0 Å². The van der Waals surface area contributed by atoms with E-state index in [4.69, 9.17) is 33.7 Å². The van der Waals surface area contributed by atoms with Crippen molar-refractivity contribution in [3.63, 3.8) is 0 Å². The standard InChI is InChI=1S/C12H10Cl2N4O/c1-19-9-5-3-2-4-7(9)16-6-8-12(15)18-11(14)10(13)17-8/h2-6H,1H3,(H2,15,18)/b16-6+. The van der Waals surface area contributed by atoms with E-state index >= 15 is 0 Å². The zero-order valence-corrected chi connectivity index (χ0v) is 11.5. The molecule has 5 nitrogen and oxygen atoms in total. The van der Waals surface area contributed by atoms with Crippen molar-refractivity contribution in [2.24, 2.45) is 4.99 Å². The lowest BCUT2D eigenvalue weighted by molar-refractivity contribution is 0.416. The Morgan fingerprint density at radius 2 is 1.89 bits per heavy atom. The number of hydrogen-bond donors (Lipinski definition) is 1. The Bertz CT molecular complexity index is 631. The van der Waals surface area contributed by atoms with E-state index in [0.29, 0.717) is 17.1 Å². The minimum atomic E-state index is 0.0635. The first-order valence-electron chi connectivity index (χ1n) is 5.27. The summed E-state index contributed by atoms with van der Waals surface area (Å²) < 4.78 is 5.18. The van der Waals surface area contributed by atoms with Crippen LogP contribution >= 0.6 is 23.2 Å². The maximum atomic E-state index is 5.78. The van der Waals surface area contributed by atoms with Gasteiger partial charge in [-0.2, -0.15) is 0 Å². The highest BCUT2D eigenvalue weighted by Crippen LogP contribution is 2.26. The molecule has 0 atom stereocenters. The Labute approximate surface area is 120 Å². The Morgan fingerprint density at radius 3 is 2.63 bits per heavy atom. The summed E-state index contributed by atoms with van der Waals surface area (Å²) in [5, 5.41) is 0.144. The molecule has 0 unspecified atom stereocenters. The van der Waals surface area contributed by atoms with Crippen LogP contribution in [0.2, 0.25) is 10.3 Å². The second-order valence-electron chi connectivity index (χ2n) is 3.51. The second-order valence-corrected chi connectivity index (χ2v) is 4.22. The summed E-state index contributed by atoms with van der Waals surface area (Å²) in [6, 6.07) is 7.30. The van der Waals surface area contributed by atoms with Crippen molar-refractivity contribution in [2.45, 2.75) is 0 Å². The van der Waals surface area contributed by atoms with Crippen molar-refractivity contribution in [1.82, 2.24) is 9.97 Å². The molecule has 0 fully saturated rings.